The van der Waals surface area contributed by atoms with Crippen LogP contribution in [-0.4, -0.2) is 23.6 Å². The number of benzene rings is 4. The molecule has 6 nitrogen and oxygen atoms in total. The maximum absolute atomic E-state index is 13.8. The second-order valence-corrected chi connectivity index (χ2v) is 12.5. The summed E-state index contributed by atoms with van der Waals surface area (Å²) in [5, 5.41) is 0.753. The Morgan fingerprint density at radius 1 is 0.500 bits per heavy atom. The zero-order valence-electron chi connectivity index (χ0n) is 24.4. The van der Waals surface area contributed by atoms with Gasteiger partial charge in [-0.1, -0.05) is 62.1 Å². The standard InChI is InChI=1S/C38H32N2O4/c41-35-29-19-21-31-34-32(38(44)40(37(31)43)28-17-13-26(14-18-28)25-7-3-4-8-25)22-20-30(33(29)34)36(42)39(35)27-15-11-24(12-16-27)10-9-23-5-1-2-6-23/h9-23,25H,1-8H2/b10-9+. The lowest BCUT2D eigenvalue weighted by molar-refractivity contribution is 0.0873. The van der Waals surface area contributed by atoms with Crippen LogP contribution in [0.5, 0.6) is 0 Å². The molecule has 8 rings (SSSR count). The SMILES string of the molecule is O=C1c2ccc3c4c(ccc(c24)C(=O)N1c1ccc(/C=C/C2CCCC2)cc1)C(=O)N(c1ccc(C2CCCC2)cc1)C3=O. The molecule has 0 bridgehead atoms. The lowest BCUT2D eigenvalue weighted by Gasteiger charge is -2.32. The number of anilines is 2. The topological polar surface area (TPSA) is 74.8 Å². The number of allylic oxidation sites excluding steroid dienone is 1. The van der Waals surface area contributed by atoms with Gasteiger partial charge < -0.3 is 0 Å². The van der Waals surface area contributed by atoms with Crippen molar-refractivity contribution in [2.24, 2.45) is 5.92 Å². The second-order valence-electron chi connectivity index (χ2n) is 12.5. The average molecular weight is 581 g/mol. The van der Waals surface area contributed by atoms with Crippen molar-refractivity contribution in [3.63, 3.8) is 0 Å². The summed E-state index contributed by atoms with van der Waals surface area (Å²) in [5.41, 5.74) is 4.49. The van der Waals surface area contributed by atoms with E-state index in [4.69, 9.17) is 0 Å². The summed E-state index contributed by atoms with van der Waals surface area (Å²) in [5.74, 6) is -0.700. The summed E-state index contributed by atoms with van der Waals surface area (Å²) in [6.07, 6.45) is 14.2. The monoisotopic (exact) mass is 580 g/mol. The second kappa shape index (κ2) is 10.4. The van der Waals surface area contributed by atoms with Crippen molar-refractivity contribution in [2.45, 2.75) is 57.3 Å². The molecular weight excluding hydrogens is 548 g/mol. The van der Waals surface area contributed by atoms with Gasteiger partial charge >= 0.3 is 0 Å². The summed E-state index contributed by atoms with van der Waals surface area (Å²) < 4.78 is 0. The quantitative estimate of drug-likeness (QED) is 0.223. The fraction of sp³-hybridized carbons (Fsp3) is 0.263. The Bertz CT molecular complexity index is 1820. The molecule has 0 spiro atoms. The number of nitrogens with zero attached hydrogens (tertiary/aromatic N) is 2. The van der Waals surface area contributed by atoms with E-state index in [1.807, 2.05) is 36.4 Å². The molecule has 218 valence electrons. The van der Waals surface area contributed by atoms with Crippen molar-refractivity contribution < 1.29 is 19.2 Å². The molecule has 4 amide bonds. The van der Waals surface area contributed by atoms with Crippen LogP contribution in [0.25, 0.3) is 16.8 Å². The van der Waals surface area contributed by atoms with Crippen molar-refractivity contribution in [1.82, 2.24) is 0 Å². The van der Waals surface area contributed by atoms with E-state index in [0.717, 1.165) is 5.56 Å². The molecule has 44 heavy (non-hydrogen) atoms. The van der Waals surface area contributed by atoms with Crippen molar-refractivity contribution in [3.05, 3.63) is 112 Å². The highest BCUT2D eigenvalue weighted by atomic mass is 16.2. The Balaban J connectivity index is 1.13. The van der Waals surface area contributed by atoms with Crippen molar-refractivity contribution in [1.29, 1.82) is 0 Å². The average Bonchev–Trinajstić information content (AvgIpc) is 3.78. The number of carbonyl (C=O) groups is 4. The van der Waals surface area contributed by atoms with Crippen LogP contribution in [0.3, 0.4) is 0 Å². The highest BCUT2D eigenvalue weighted by Gasteiger charge is 2.40. The first-order valence-corrected chi connectivity index (χ1v) is 15.7. The molecule has 4 aliphatic rings. The van der Waals surface area contributed by atoms with Gasteiger partial charge in [0.2, 0.25) is 0 Å². The van der Waals surface area contributed by atoms with E-state index in [-0.39, 0.29) is 0 Å². The van der Waals surface area contributed by atoms with E-state index in [0.29, 0.717) is 56.2 Å². The van der Waals surface area contributed by atoms with Gasteiger partial charge in [0.05, 0.1) is 11.4 Å². The molecule has 0 saturated heterocycles. The molecular formula is C38H32N2O4. The van der Waals surface area contributed by atoms with Crippen molar-refractivity contribution in [3.8, 4) is 0 Å². The van der Waals surface area contributed by atoms with E-state index in [1.165, 1.54) is 66.7 Å². The minimum absolute atomic E-state index is 0.306. The predicted molar refractivity (Wildman–Crippen MR) is 171 cm³/mol. The highest BCUT2D eigenvalue weighted by Crippen LogP contribution is 2.41. The number of rotatable bonds is 5. The van der Waals surface area contributed by atoms with Crippen LogP contribution in [0.2, 0.25) is 0 Å². The summed E-state index contributed by atoms with van der Waals surface area (Å²) in [7, 11) is 0. The Kier molecular flexibility index (Phi) is 6.33. The first-order valence-electron chi connectivity index (χ1n) is 15.7. The number of hydrogen-bond acceptors (Lipinski definition) is 4. The van der Waals surface area contributed by atoms with Crippen LogP contribution in [0.15, 0.2) is 78.9 Å². The third-order valence-corrected chi connectivity index (χ3v) is 9.98. The molecule has 2 fully saturated rings. The lowest BCUT2D eigenvalue weighted by Crippen LogP contribution is -2.43. The molecule has 2 aliphatic heterocycles. The number of hydrogen-bond donors (Lipinski definition) is 0. The van der Waals surface area contributed by atoms with E-state index in [1.54, 1.807) is 36.4 Å². The van der Waals surface area contributed by atoms with Gasteiger partial charge in [0.1, 0.15) is 0 Å². The number of carbonyl (C=O) groups excluding carboxylic acids is 4. The van der Waals surface area contributed by atoms with Crippen LogP contribution in [-0.2, 0) is 0 Å². The smallest absolute Gasteiger partial charge is 0.265 e. The van der Waals surface area contributed by atoms with E-state index < -0.39 is 23.6 Å². The molecule has 6 heteroatoms. The van der Waals surface area contributed by atoms with Crippen LogP contribution >= 0.6 is 0 Å². The Labute approximate surface area is 256 Å². The largest absolute Gasteiger partial charge is 0.268 e. The summed E-state index contributed by atoms with van der Waals surface area (Å²) in [6, 6.07) is 21.6. The Hall–Kier alpha value is -4.84. The van der Waals surface area contributed by atoms with Crippen LogP contribution < -0.4 is 9.80 Å². The zero-order valence-corrected chi connectivity index (χ0v) is 24.4. The van der Waals surface area contributed by atoms with Crippen LogP contribution in [0, 0.1) is 5.92 Å². The van der Waals surface area contributed by atoms with Gasteiger partial charge in [-0.25, -0.2) is 9.80 Å². The normalized spacial score (nSPS) is 18.9. The van der Waals surface area contributed by atoms with Crippen molar-refractivity contribution in [2.75, 3.05) is 9.80 Å². The van der Waals surface area contributed by atoms with Gasteiger partial charge in [-0.2, -0.15) is 0 Å². The molecule has 0 radical (unpaired) electrons. The van der Waals surface area contributed by atoms with Gasteiger partial charge in [-0.05, 0) is 97.2 Å². The summed E-state index contributed by atoms with van der Waals surface area (Å²) >= 11 is 0. The number of amides is 4. The minimum Gasteiger partial charge on any atom is -0.268 e. The minimum atomic E-state index is -0.467. The van der Waals surface area contributed by atoms with Gasteiger partial charge in [0, 0.05) is 33.0 Å². The molecule has 4 aromatic rings. The summed E-state index contributed by atoms with van der Waals surface area (Å²) in [4.78, 5) is 57.7. The maximum Gasteiger partial charge on any atom is 0.265 e. The third-order valence-electron chi connectivity index (χ3n) is 9.98. The fourth-order valence-corrected chi connectivity index (χ4v) is 7.63. The molecule has 4 aromatic carbocycles. The van der Waals surface area contributed by atoms with Gasteiger partial charge in [-0.3, -0.25) is 19.2 Å². The van der Waals surface area contributed by atoms with Gasteiger partial charge in [-0.15, -0.1) is 0 Å². The summed E-state index contributed by atoms with van der Waals surface area (Å²) in [6.45, 7) is 0. The molecule has 2 aliphatic carbocycles. The van der Waals surface area contributed by atoms with Gasteiger partial charge in [0.25, 0.3) is 23.6 Å². The third kappa shape index (κ3) is 4.15. The predicted octanol–water partition coefficient (Wildman–Crippen LogP) is 8.30. The van der Waals surface area contributed by atoms with E-state index >= 15 is 0 Å². The van der Waals surface area contributed by atoms with Crippen LogP contribution in [0.4, 0.5) is 11.4 Å². The highest BCUT2D eigenvalue weighted by molar-refractivity contribution is 6.42. The molecule has 2 saturated carbocycles. The molecule has 2 heterocycles. The Morgan fingerprint density at radius 3 is 1.36 bits per heavy atom. The van der Waals surface area contributed by atoms with E-state index in [2.05, 4.69) is 12.2 Å². The molecule has 0 N–H and O–H groups in total. The van der Waals surface area contributed by atoms with Crippen LogP contribution in [0.1, 0.15) is 110 Å². The molecule has 0 atom stereocenters. The fourth-order valence-electron chi connectivity index (χ4n) is 7.63. The lowest BCUT2D eigenvalue weighted by atomic mass is 9.85. The van der Waals surface area contributed by atoms with Gasteiger partial charge in [0.15, 0.2) is 0 Å². The van der Waals surface area contributed by atoms with E-state index in [9.17, 15) is 19.2 Å². The molecule has 0 aromatic heterocycles. The Morgan fingerprint density at radius 2 is 0.909 bits per heavy atom. The maximum atomic E-state index is 13.8. The zero-order chi connectivity index (χ0) is 29.9. The number of imide groups is 2. The molecule has 0 unspecified atom stereocenters. The first kappa shape index (κ1) is 26.8. The first-order chi connectivity index (χ1) is 21.5. The van der Waals surface area contributed by atoms with Crippen molar-refractivity contribution >= 4 is 51.9 Å².